The predicted octanol–water partition coefficient (Wildman–Crippen LogP) is 5.57. The molecule has 32 heavy (non-hydrogen) atoms. The van der Waals surface area contributed by atoms with E-state index in [-0.39, 0.29) is 16.6 Å². The largest absolute Gasteiger partial charge is 0.382 e. The van der Waals surface area contributed by atoms with Gasteiger partial charge < -0.3 is 14.6 Å². The van der Waals surface area contributed by atoms with Gasteiger partial charge >= 0.3 is 0 Å². The van der Waals surface area contributed by atoms with Crippen LogP contribution in [0.2, 0.25) is 5.02 Å². The summed E-state index contributed by atoms with van der Waals surface area (Å²) in [4.78, 5) is 13.0. The number of hydrogen-bond donors (Lipinski definition) is 1. The molecule has 4 rings (SSSR count). The Morgan fingerprint density at radius 3 is 2.75 bits per heavy atom. The number of nitrogens with one attached hydrogen (secondary N) is 1. The maximum atomic E-state index is 13.0. The van der Waals surface area contributed by atoms with E-state index >= 15 is 0 Å². The van der Waals surface area contributed by atoms with Gasteiger partial charge in [-0.1, -0.05) is 30.3 Å². The Morgan fingerprint density at radius 2 is 2.06 bits per heavy atom. The summed E-state index contributed by atoms with van der Waals surface area (Å²) >= 11 is 6.45. The van der Waals surface area contributed by atoms with E-state index in [1.54, 1.807) is 10.9 Å². The summed E-state index contributed by atoms with van der Waals surface area (Å²) < 4.78 is 9.46. The van der Waals surface area contributed by atoms with E-state index in [2.05, 4.69) is 46.0 Å². The Labute approximate surface area is 194 Å². The van der Waals surface area contributed by atoms with Crippen molar-refractivity contribution < 1.29 is 4.74 Å². The molecule has 2 fully saturated rings. The third-order valence-corrected chi connectivity index (χ3v) is 7.08. The van der Waals surface area contributed by atoms with E-state index < -0.39 is 0 Å². The Balaban J connectivity index is 1.41. The van der Waals surface area contributed by atoms with Gasteiger partial charge in [-0.05, 0) is 69.1 Å². The number of anilines is 1. The topological polar surface area (TPSA) is 61.1 Å². The van der Waals surface area contributed by atoms with Crippen LogP contribution in [-0.2, 0) is 4.74 Å². The van der Waals surface area contributed by atoms with Crippen molar-refractivity contribution in [2.75, 3.05) is 25.1 Å². The second-order valence-corrected chi connectivity index (χ2v) is 9.19. The van der Waals surface area contributed by atoms with Crippen LogP contribution in [0.3, 0.4) is 0 Å². The quantitative estimate of drug-likeness (QED) is 0.591. The molecule has 1 aliphatic carbocycles. The summed E-state index contributed by atoms with van der Waals surface area (Å²) in [5, 5.41) is 8.02. The van der Waals surface area contributed by atoms with Gasteiger partial charge in [-0.2, -0.15) is 5.10 Å². The van der Waals surface area contributed by atoms with Crippen LogP contribution in [0, 0.1) is 5.92 Å². The summed E-state index contributed by atoms with van der Waals surface area (Å²) in [6, 6.07) is 2.61. The summed E-state index contributed by atoms with van der Waals surface area (Å²) in [7, 11) is 0. The third kappa shape index (κ3) is 4.86. The first-order valence-corrected chi connectivity index (χ1v) is 12.0. The van der Waals surface area contributed by atoms with Crippen molar-refractivity contribution in [3.05, 3.63) is 57.7 Å². The summed E-state index contributed by atoms with van der Waals surface area (Å²) in [6.07, 6.45) is 15.9. The molecule has 172 valence electrons. The molecule has 0 aromatic carbocycles. The SMILES string of the molecule is C=Cc1ccn(C2CCC(n3ncc(NCC4CCCOC4)c(Cl)c3=O)CC2)c1/C=C\C. The number of aromatic nitrogens is 3. The van der Waals surface area contributed by atoms with Crippen molar-refractivity contribution in [1.29, 1.82) is 0 Å². The molecule has 2 aromatic heterocycles. The van der Waals surface area contributed by atoms with Gasteiger partial charge in [-0.3, -0.25) is 4.79 Å². The van der Waals surface area contributed by atoms with Gasteiger partial charge in [0.05, 0.1) is 24.5 Å². The molecule has 7 heteroatoms. The van der Waals surface area contributed by atoms with E-state index in [4.69, 9.17) is 16.3 Å². The molecule has 1 saturated heterocycles. The van der Waals surface area contributed by atoms with Crippen molar-refractivity contribution in [2.45, 2.75) is 57.5 Å². The van der Waals surface area contributed by atoms with Crippen molar-refractivity contribution in [1.82, 2.24) is 14.3 Å². The molecule has 0 bridgehead atoms. The minimum absolute atomic E-state index is 0.0802. The van der Waals surface area contributed by atoms with Crippen LogP contribution in [-0.4, -0.2) is 34.1 Å². The molecule has 0 spiro atoms. The zero-order valence-corrected chi connectivity index (χ0v) is 19.6. The number of nitrogens with zero attached hydrogens (tertiary/aromatic N) is 3. The summed E-state index contributed by atoms with van der Waals surface area (Å²) in [5.41, 5.74) is 2.76. The van der Waals surface area contributed by atoms with Crippen LogP contribution < -0.4 is 10.9 Å². The van der Waals surface area contributed by atoms with Crippen molar-refractivity contribution in [3.63, 3.8) is 0 Å². The molecule has 1 atom stereocenters. The number of ether oxygens (including phenoxy) is 1. The molecule has 2 aliphatic rings. The Morgan fingerprint density at radius 1 is 1.28 bits per heavy atom. The van der Waals surface area contributed by atoms with Crippen LogP contribution in [0.25, 0.3) is 12.2 Å². The molecule has 1 aliphatic heterocycles. The molecule has 3 heterocycles. The number of allylic oxidation sites excluding steroid dienone is 1. The maximum absolute atomic E-state index is 13.0. The highest BCUT2D eigenvalue weighted by molar-refractivity contribution is 6.32. The number of hydrogen-bond acceptors (Lipinski definition) is 4. The van der Waals surface area contributed by atoms with E-state index in [0.29, 0.717) is 17.6 Å². The zero-order valence-electron chi connectivity index (χ0n) is 18.8. The molecule has 2 aromatic rings. The summed E-state index contributed by atoms with van der Waals surface area (Å²) in [6.45, 7) is 8.30. The van der Waals surface area contributed by atoms with Crippen LogP contribution in [0.1, 0.15) is 68.8 Å². The van der Waals surface area contributed by atoms with Gasteiger partial charge in [-0.25, -0.2) is 4.68 Å². The first kappa shape index (κ1) is 22.9. The zero-order chi connectivity index (χ0) is 22.5. The van der Waals surface area contributed by atoms with Crippen LogP contribution in [0.15, 0.2) is 35.9 Å². The van der Waals surface area contributed by atoms with Crippen LogP contribution in [0.5, 0.6) is 0 Å². The molecule has 0 radical (unpaired) electrons. The molecule has 1 saturated carbocycles. The molecular weight excluding hydrogens is 424 g/mol. The minimum Gasteiger partial charge on any atom is -0.382 e. The van der Waals surface area contributed by atoms with Crippen molar-refractivity contribution in [2.24, 2.45) is 5.92 Å². The Hall–Kier alpha value is -2.31. The van der Waals surface area contributed by atoms with Gasteiger partial charge in [0.25, 0.3) is 5.56 Å². The highest BCUT2D eigenvalue weighted by atomic mass is 35.5. The fourth-order valence-electron chi connectivity index (χ4n) is 4.94. The lowest BCUT2D eigenvalue weighted by atomic mass is 9.91. The monoisotopic (exact) mass is 456 g/mol. The standard InChI is InChI=1S/C25H33ClN4O2/c1-3-6-23-19(4-2)12-13-29(23)20-8-10-21(11-9-20)30-25(31)24(26)22(16-28-30)27-15-18-7-5-14-32-17-18/h3-4,6,12-13,16,18,20-21,27H,2,5,7-11,14-15,17H2,1H3/b6-3-. The Bertz CT molecular complexity index is 1010. The fraction of sp³-hybridized carbons (Fsp3) is 0.520. The molecule has 1 N–H and O–H groups in total. The molecular formula is C25H33ClN4O2. The van der Waals surface area contributed by atoms with E-state index in [0.717, 1.165) is 63.8 Å². The smallest absolute Gasteiger partial charge is 0.287 e. The van der Waals surface area contributed by atoms with Crippen molar-refractivity contribution >= 4 is 29.4 Å². The van der Waals surface area contributed by atoms with Crippen LogP contribution >= 0.6 is 11.6 Å². The average molecular weight is 457 g/mol. The van der Waals surface area contributed by atoms with Gasteiger partial charge in [0, 0.05) is 31.1 Å². The normalized spacial score (nSPS) is 24.0. The van der Waals surface area contributed by atoms with Crippen LogP contribution in [0.4, 0.5) is 5.69 Å². The van der Waals surface area contributed by atoms with Crippen molar-refractivity contribution in [3.8, 4) is 0 Å². The molecule has 6 nitrogen and oxygen atoms in total. The van der Waals surface area contributed by atoms with Gasteiger partial charge in [0.15, 0.2) is 0 Å². The average Bonchev–Trinajstić information content (AvgIpc) is 3.24. The fourth-order valence-corrected chi connectivity index (χ4v) is 5.14. The van der Waals surface area contributed by atoms with E-state index in [9.17, 15) is 4.79 Å². The highest BCUT2D eigenvalue weighted by Gasteiger charge is 2.27. The second kappa shape index (κ2) is 10.5. The second-order valence-electron chi connectivity index (χ2n) is 8.82. The lowest BCUT2D eigenvalue weighted by molar-refractivity contribution is 0.0595. The Kier molecular flexibility index (Phi) is 7.53. The first-order valence-electron chi connectivity index (χ1n) is 11.7. The first-order chi connectivity index (χ1) is 15.6. The van der Waals surface area contributed by atoms with Gasteiger partial charge in [0.2, 0.25) is 0 Å². The van der Waals surface area contributed by atoms with E-state index in [1.165, 1.54) is 5.69 Å². The minimum atomic E-state index is -0.204. The number of rotatable bonds is 7. The lowest BCUT2D eigenvalue weighted by Crippen LogP contribution is -2.32. The maximum Gasteiger partial charge on any atom is 0.287 e. The third-order valence-electron chi connectivity index (χ3n) is 6.72. The summed E-state index contributed by atoms with van der Waals surface area (Å²) in [5.74, 6) is 0.445. The molecule has 0 amide bonds. The molecule has 1 unspecified atom stereocenters. The lowest BCUT2D eigenvalue weighted by Gasteiger charge is -2.31. The van der Waals surface area contributed by atoms with Gasteiger partial charge in [0.1, 0.15) is 5.02 Å². The predicted molar refractivity (Wildman–Crippen MR) is 131 cm³/mol. The number of halogens is 1. The van der Waals surface area contributed by atoms with Gasteiger partial charge in [-0.15, -0.1) is 0 Å². The van der Waals surface area contributed by atoms with E-state index in [1.807, 2.05) is 13.0 Å². The highest BCUT2D eigenvalue weighted by Crippen LogP contribution is 2.36.